The molecule has 0 saturated carbocycles. The van der Waals surface area contributed by atoms with Crippen LogP contribution in [0.25, 0.3) is 10.2 Å². The van der Waals surface area contributed by atoms with Crippen molar-refractivity contribution in [2.75, 3.05) is 12.9 Å². The molecule has 0 fully saturated rings. The number of ether oxygens (including phenoxy) is 1. The summed E-state index contributed by atoms with van der Waals surface area (Å²) in [5.74, 6) is 0.00370. The van der Waals surface area contributed by atoms with E-state index < -0.39 is 5.97 Å². The summed E-state index contributed by atoms with van der Waals surface area (Å²) >= 11 is 9.22. The first kappa shape index (κ1) is 20.6. The van der Waals surface area contributed by atoms with Gasteiger partial charge in [-0.1, -0.05) is 41.1 Å². The predicted octanol–water partition coefficient (Wildman–Crippen LogP) is 4.45. The molecule has 28 heavy (non-hydrogen) atoms. The average Bonchev–Trinajstić information content (AvgIpc) is 3.03. The lowest BCUT2D eigenvalue weighted by atomic mass is 10.2. The summed E-state index contributed by atoms with van der Waals surface area (Å²) in [5.41, 5.74) is 1.64. The Hall–Kier alpha value is -2.09. The molecule has 5 nitrogen and oxygen atoms in total. The lowest BCUT2D eigenvalue weighted by molar-refractivity contribution is -0.141. The first-order chi connectivity index (χ1) is 13.5. The van der Waals surface area contributed by atoms with E-state index in [1.165, 1.54) is 18.4 Å². The Labute approximate surface area is 176 Å². The Morgan fingerprint density at radius 3 is 2.68 bits per heavy atom. The van der Waals surface area contributed by atoms with Crippen LogP contribution in [-0.4, -0.2) is 29.3 Å². The molecule has 0 spiro atoms. The fourth-order valence-electron chi connectivity index (χ4n) is 2.68. The molecule has 0 bridgehead atoms. The number of fused-ring (bicyclic) bond motifs is 1. The van der Waals surface area contributed by atoms with Crippen LogP contribution in [0.1, 0.15) is 12.0 Å². The van der Waals surface area contributed by atoms with Gasteiger partial charge in [0.1, 0.15) is 6.54 Å². The fourth-order valence-corrected chi connectivity index (χ4v) is 4.80. The van der Waals surface area contributed by atoms with Crippen molar-refractivity contribution in [2.24, 2.45) is 4.99 Å². The number of methoxy groups -OCH3 is 1. The number of benzene rings is 2. The number of carbonyl (C=O) groups excluding carboxylic acids is 2. The van der Waals surface area contributed by atoms with Gasteiger partial charge in [0, 0.05) is 22.1 Å². The minimum absolute atomic E-state index is 0.0252. The maximum atomic E-state index is 12.4. The molecule has 0 unspecified atom stereocenters. The SMILES string of the molecule is COC(=O)Cn1c(=NC(=O)CCSc2ccccc2)sc2ccc(Cl)c(C)c21. The molecule has 3 rings (SSSR count). The third-order valence-electron chi connectivity index (χ3n) is 4.09. The Bertz CT molecular complexity index is 1070. The van der Waals surface area contributed by atoms with Crippen molar-refractivity contribution < 1.29 is 14.3 Å². The number of halogens is 1. The molecule has 0 saturated heterocycles. The van der Waals surface area contributed by atoms with E-state index in [4.69, 9.17) is 16.3 Å². The molecule has 8 heteroatoms. The summed E-state index contributed by atoms with van der Waals surface area (Å²) < 4.78 is 7.42. The normalized spacial score (nSPS) is 11.8. The summed E-state index contributed by atoms with van der Waals surface area (Å²) in [7, 11) is 1.33. The third kappa shape index (κ3) is 4.84. The number of rotatable bonds is 6. The van der Waals surface area contributed by atoms with Gasteiger partial charge in [-0.25, -0.2) is 0 Å². The molecule has 0 N–H and O–H groups in total. The standard InChI is InChI=1S/C20H19ClN2O3S2/c1-13-15(21)8-9-16-19(13)23(12-18(25)26-2)20(28-16)22-17(24)10-11-27-14-6-4-3-5-7-14/h3-9H,10-12H2,1-2H3. The van der Waals surface area contributed by atoms with Crippen molar-refractivity contribution in [1.29, 1.82) is 0 Å². The van der Waals surface area contributed by atoms with Crippen LogP contribution in [0.2, 0.25) is 5.02 Å². The van der Waals surface area contributed by atoms with Crippen molar-refractivity contribution in [2.45, 2.75) is 24.8 Å². The first-order valence-electron chi connectivity index (χ1n) is 8.60. The molecule has 0 aliphatic heterocycles. The number of amides is 1. The number of hydrogen-bond acceptors (Lipinski definition) is 5. The third-order valence-corrected chi connectivity index (χ3v) is 6.56. The van der Waals surface area contributed by atoms with Crippen LogP contribution in [-0.2, 0) is 20.9 Å². The van der Waals surface area contributed by atoms with Crippen LogP contribution in [0, 0.1) is 6.92 Å². The second-order valence-corrected chi connectivity index (χ2v) is 8.57. The highest BCUT2D eigenvalue weighted by atomic mass is 35.5. The molecule has 146 valence electrons. The van der Waals surface area contributed by atoms with Gasteiger partial charge in [0.2, 0.25) is 5.91 Å². The molecule has 0 aliphatic rings. The molecular formula is C20H19ClN2O3S2. The second kappa shape index (κ2) is 9.41. The van der Waals surface area contributed by atoms with Gasteiger partial charge in [-0.3, -0.25) is 9.59 Å². The van der Waals surface area contributed by atoms with Gasteiger partial charge in [0.25, 0.3) is 0 Å². The predicted molar refractivity (Wildman–Crippen MR) is 114 cm³/mol. The van der Waals surface area contributed by atoms with Gasteiger partial charge in [-0.2, -0.15) is 4.99 Å². The lowest BCUT2D eigenvalue weighted by Crippen LogP contribution is -2.22. The van der Waals surface area contributed by atoms with Gasteiger partial charge in [-0.05, 0) is 36.8 Å². The van der Waals surface area contributed by atoms with Crippen LogP contribution in [0.15, 0.2) is 52.4 Å². The summed E-state index contributed by atoms with van der Waals surface area (Å²) in [5, 5.41) is 0.598. The van der Waals surface area contributed by atoms with Crippen LogP contribution in [0.4, 0.5) is 0 Å². The maximum Gasteiger partial charge on any atom is 0.325 e. The number of carbonyl (C=O) groups is 2. The number of thiazole rings is 1. The van der Waals surface area contributed by atoms with Crippen molar-refractivity contribution in [1.82, 2.24) is 4.57 Å². The highest BCUT2D eigenvalue weighted by Crippen LogP contribution is 2.27. The topological polar surface area (TPSA) is 60.7 Å². The molecular weight excluding hydrogens is 416 g/mol. The highest BCUT2D eigenvalue weighted by molar-refractivity contribution is 7.99. The molecule has 3 aromatic rings. The van der Waals surface area contributed by atoms with Gasteiger partial charge in [0.05, 0.1) is 17.3 Å². The molecule has 0 aliphatic carbocycles. The van der Waals surface area contributed by atoms with E-state index in [1.54, 1.807) is 22.4 Å². The zero-order valence-corrected chi connectivity index (χ0v) is 17.9. The fraction of sp³-hybridized carbons (Fsp3) is 0.250. The lowest BCUT2D eigenvalue weighted by Gasteiger charge is -2.07. The van der Waals surface area contributed by atoms with Crippen LogP contribution >= 0.6 is 34.7 Å². The van der Waals surface area contributed by atoms with Crippen LogP contribution < -0.4 is 4.80 Å². The summed E-state index contributed by atoms with van der Waals surface area (Å²) in [6.45, 7) is 1.86. The Morgan fingerprint density at radius 2 is 1.96 bits per heavy atom. The van der Waals surface area contributed by atoms with E-state index in [9.17, 15) is 9.59 Å². The van der Waals surface area contributed by atoms with Gasteiger partial charge in [-0.15, -0.1) is 11.8 Å². The maximum absolute atomic E-state index is 12.4. The van der Waals surface area contributed by atoms with E-state index in [-0.39, 0.29) is 12.5 Å². The number of nitrogens with zero attached hydrogens (tertiary/aromatic N) is 2. The van der Waals surface area contributed by atoms with Gasteiger partial charge >= 0.3 is 5.97 Å². The summed E-state index contributed by atoms with van der Waals surface area (Å²) in [6, 6.07) is 13.6. The number of thioether (sulfide) groups is 1. The smallest absolute Gasteiger partial charge is 0.325 e. The molecule has 1 heterocycles. The van der Waals surface area contributed by atoms with Crippen molar-refractivity contribution >= 4 is 56.8 Å². The molecule has 1 aromatic heterocycles. The largest absolute Gasteiger partial charge is 0.468 e. The molecule has 1 amide bonds. The zero-order valence-electron chi connectivity index (χ0n) is 15.5. The summed E-state index contributed by atoms with van der Waals surface area (Å²) in [4.78, 5) is 30.1. The minimum atomic E-state index is -0.410. The molecule has 0 radical (unpaired) electrons. The minimum Gasteiger partial charge on any atom is -0.468 e. The number of hydrogen-bond donors (Lipinski definition) is 0. The van der Waals surface area contributed by atoms with Crippen molar-refractivity contribution in [3.63, 3.8) is 0 Å². The second-order valence-electron chi connectivity index (χ2n) is 5.98. The Balaban J connectivity index is 1.87. The van der Waals surface area contributed by atoms with E-state index in [2.05, 4.69) is 4.99 Å². The number of aryl methyl sites for hydroxylation is 1. The van der Waals surface area contributed by atoms with E-state index in [0.717, 1.165) is 20.7 Å². The number of aromatic nitrogens is 1. The average molecular weight is 435 g/mol. The van der Waals surface area contributed by atoms with E-state index in [0.29, 0.717) is 22.0 Å². The number of esters is 1. The van der Waals surface area contributed by atoms with Crippen molar-refractivity contribution in [3.05, 3.63) is 57.9 Å². The quantitative estimate of drug-likeness (QED) is 0.425. The Kier molecular flexibility index (Phi) is 6.93. The monoisotopic (exact) mass is 434 g/mol. The van der Waals surface area contributed by atoms with Gasteiger partial charge < -0.3 is 9.30 Å². The summed E-state index contributed by atoms with van der Waals surface area (Å²) in [6.07, 6.45) is 0.311. The molecule has 2 aromatic carbocycles. The highest BCUT2D eigenvalue weighted by Gasteiger charge is 2.15. The first-order valence-corrected chi connectivity index (χ1v) is 10.8. The van der Waals surface area contributed by atoms with Crippen LogP contribution in [0.5, 0.6) is 0 Å². The molecule has 0 atom stereocenters. The van der Waals surface area contributed by atoms with Gasteiger partial charge in [0.15, 0.2) is 4.80 Å². The zero-order chi connectivity index (χ0) is 20.1. The Morgan fingerprint density at radius 1 is 1.21 bits per heavy atom. The van der Waals surface area contributed by atoms with Crippen molar-refractivity contribution in [3.8, 4) is 0 Å². The van der Waals surface area contributed by atoms with E-state index >= 15 is 0 Å². The van der Waals surface area contributed by atoms with E-state index in [1.807, 2.05) is 43.3 Å². The van der Waals surface area contributed by atoms with Crippen LogP contribution in [0.3, 0.4) is 0 Å².